The van der Waals surface area contributed by atoms with Gasteiger partial charge in [0.2, 0.25) is 0 Å². The predicted molar refractivity (Wildman–Crippen MR) is 96.6 cm³/mol. The molecule has 25 heavy (non-hydrogen) atoms. The zero-order valence-corrected chi connectivity index (χ0v) is 15.7. The van der Waals surface area contributed by atoms with Crippen LogP contribution < -0.4 is 4.74 Å². The van der Waals surface area contributed by atoms with E-state index in [4.69, 9.17) is 9.47 Å². The number of rotatable bonds is 6. The molecule has 0 spiro atoms. The van der Waals surface area contributed by atoms with E-state index in [-0.39, 0.29) is 17.8 Å². The molecule has 1 saturated heterocycles. The van der Waals surface area contributed by atoms with E-state index < -0.39 is 6.10 Å². The molecule has 2 rings (SSSR count). The Balaban J connectivity index is 1.95. The molecule has 1 aliphatic rings. The fourth-order valence-electron chi connectivity index (χ4n) is 3.19. The minimum absolute atomic E-state index is 0.00443. The van der Waals surface area contributed by atoms with Gasteiger partial charge in [-0.2, -0.15) is 0 Å². The minimum Gasteiger partial charge on any atom is -0.480 e. The molecule has 1 atom stereocenters. The lowest BCUT2D eigenvalue weighted by molar-refractivity contribution is -0.152. The summed E-state index contributed by atoms with van der Waals surface area (Å²) in [6, 6.07) is 5.97. The van der Waals surface area contributed by atoms with Gasteiger partial charge in [0.1, 0.15) is 5.75 Å². The summed E-state index contributed by atoms with van der Waals surface area (Å²) in [4.78, 5) is 26.4. The molecule has 1 heterocycles. The average Bonchev–Trinajstić information content (AvgIpc) is 2.61. The van der Waals surface area contributed by atoms with Crippen molar-refractivity contribution in [1.82, 2.24) is 4.90 Å². The van der Waals surface area contributed by atoms with Gasteiger partial charge in [-0.25, -0.2) is 0 Å². The first-order chi connectivity index (χ1) is 12.0. The normalized spacial score (nSPS) is 16.4. The van der Waals surface area contributed by atoms with E-state index in [1.54, 1.807) is 0 Å². The Morgan fingerprint density at radius 1 is 1.20 bits per heavy atom. The van der Waals surface area contributed by atoms with Crippen LogP contribution in [0.25, 0.3) is 0 Å². The van der Waals surface area contributed by atoms with Crippen LogP contribution in [0, 0.1) is 19.8 Å². The first kappa shape index (κ1) is 19.3. The topological polar surface area (TPSA) is 55.8 Å². The number of hydrogen-bond donors (Lipinski definition) is 0. The maximum Gasteiger partial charge on any atom is 0.309 e. The standard InChI is InChI=1S/C20H29NO4/c1-5-17(25-18-8-7-14(3)13-15(18)4)19(22)21-11-9-16(10-12-21)20(23)24-6-2/h7-8,13,16-17H,5-6,9-12H2,1-4H3. The van der Waals surface area contributed by atoms with Gasteiger partial charge in [0.05, 0.1) is 12.5 Å². The number of piperidine rings is 1. The van der Waals surface area contributed by atoms with Crippen molar-refractivity contribution in [3.8, 4) is 5.75 Å². The van der Waals surface area contributed by atoms with Gasteiger partial charge in [-0.1, -0.05) is 24.6 Å². The van der Waals surface area contributed by atoms with Crippen molar-refractivity contribution in [3.63, 3.8) is 0 Å². The second-order valence-electron chi connectivity index (χ2n) is 6.64. The monoisotopic (exact) mass is 347 g/mol. The van der Waals surface area contributed by atoms with Gasteiger partial charge in [-0.15, -0.1) is 0 Å². The van der Waals surface area contributed by atoms with E-state index in [9.17, 15) is 9.59 Å². The summed E-state index contributed by atoms with van der Waals surface area (Å²) in [6.07, 6.45) is 1.44. The van der Waals surface area contributed by atoms with Gasteiger partial charge in [0.25, 0.3) is 5.91 Å². The number of carbonyl (C=O) groups excluding carboxylic acids is 2. The molecule has 0 radical (unpaired) electrons. The summed E-state index contributed by atoms with van der Waals surface area (Å²) in [7, 11) is 0. The van der Waals surface area contributed by atoms with E-state index in [0.29, 0.717) is 39.0 Å². The molecule has 0 aromatic heterocycles. The number of esters is 1. The van der Waals surface area contributed by atoms with Crippen molar-refractivity contribution in [1.29, 1.82) is 0 Å². The molecule has 1 fully saturated rings. The van der Waals surface area contributed by atoms with E-state index in [0.717, 1.165) is 11.3 Å². The summed E-state index contributed by atoms with van der Waals surface area (Å²) < 4.78 is 11.1. The van der Waals surface area contributed by atoms with E-state index in [1.807, 2.05) is 44.7 Å². The maximum absolute atomic E-state index is 12.8. The van der Waals surface area contributed by atoms with Crippen molar-refractivity contribution in [2.75, 3.05) is 19.7 Å². The third-order valence-electron chi connectivity index (χ3n) is 4.67. The highest BCUT2D eigenvalue weighted by Crippen LogP contribution is 2.24. The third-order valence-corrected chi connectivity index (χ3v) is 4.67. The molecule has 0 saturated carbocycles. The molecule has 1 amide bonds. The van der Waals surface area contributed by atoms with Crippen LogP contribution in [0.3, 0.4) is 0 Å². The highest BCUT2D eigenvalue weighted by Gasteiger charge is 2.31. The summed E-state index contributed by atoms with van der Waals surface area (Å²) in [6.45, 7) is 9.35. The Kier molecular flexibility index (Phi) is 6.85. The second-order valence-corrected chi connectivity index (χ2v) is 6.64. The van der Waals surface area contributed by atoms with Crippen LogP contribution >= 0.6 is 0 Å². The smallest absolute Gasteiger partial charge is 0.309 e. The first-order valence-electron chi connectivity index (χ1n) is 9.15. The van der Waals surface area contributed by atoms with E-state index in [2.05, 4.69) is 6.07 Å². The predicted octanol–water partition coefficient (Wildman–Crippen LogP) is 3.26. The SMILES string of the molecule is CCOC(=O)C1CCN(C(=O)C(CC)Oc2ccc(C)cc2C)CC1. The Hall–Kier alpha value is -2.04. The zero-order valence-electron chi connectivity index (χ0n) is 15.7. The molecule has 0 bridgehead atoms. The minimum atomic E-state index is -0.486. The van der Waals surface area contributed by atoms with E-state index in [1.165, 1.54) is 5.56 Å². The summed E-state index contributed by atoms with van der Waals surface area (Å²) >= 11 is 0. The maximum atomic E-state index is 12.8. The number of nitrogens with zero attached hydrogens (tertiary/aromatic N) is 1. The highest BCUT2D eigenvalue weighted by molar-refractivity contribution is 5.82. The van der Waals surface area contributed by atoms with Crippen molar-refractivity contribution >= 4 is 11.9 Å². The molecular weight excluding hydrogens is 318 g/mol. The van der Waals surface area contributed by atoms with Crippen LogP contribution in [0.5, 0.6) is 5.75 Å². The molecule has 0 aliphatic carbocycles. The van der Waals surface area contributed by atoms with Crippen LogP contribution in [0.15, 0.2) is 18.2 Å². The molecule has 1 unspecified atom stereocenters. The quantitative estimate of drug-likeness (QED) is 0.741. The number of aryl methyl sites for hydroxylation is 2. The van der Waals surface area contributed by atoms with Crippen molar-refractivity contribution in [2.24, 2.45) is 5.92 Å². The molecule has 1 aromatic rings. The lowest BCUT2D eigenvalue weighted by Crippen LogP contribution is -2.46. The molecule has 138 valence electrons. The number of ether oxygens (including phenoxy) is 2. The molecule has 1 aromatic carbocycles. The second kappa shape index (κ2) is 8.88. The molecule has 5 nitrogen and oxygen atoms in total. The molecule has 0 N–H and O–H groups in total. The van der Waals surface area contributed by atoms with Gasteiger partial charge in [-0.3, -0.25) is 9.59 Å². The van der Waals surface area contributed by atoms with E-state index >= 15 is 0 Å². The molecular formula is C20H29NO4. The van der Waals surface area contributed by atoms with Crippen molar-refractivity contribution in [3.05, 3.63) is 29.3 Å². The highest BCUT2D eigenvalue weighted by atomic mass is 16.5. The summed E-state index contributed by atoms with van der Waals surface area (Å²) in [5, 5.41) is 0. The Morgan fingerprint density at radius 3 is 2.44 bits per heavy atom. The van der Waals surface area contributed by atoms with Crippen LogP contribution in [-0.4, -0.2) is 42.6 Å². The van der Waals surface area contributed by atoms with Gasteiger partial charge in [-0.05, 0) is 51.7 Å². The number of benzene rings is 1. The number of amides is 1. The zero-order chi connectivity index (χ0) is 18.4. The third kappa shape index (κ3) is 4.97. The molecule has 1 aliphatic heterocycles. The van der Waals surface area contributed by atoms with Crippen LogP contribution in [-0.2, 0) is 14.3 Å². The lowest BCUT2D eigenvalue weighted by Gasteiger charge is -2.33. The van der Waals surface area contributed by atoms with Crippen LogP contribution in [0.1, 0.15) is 44.2 Å². The molecule has 5 heteroatoms. The van der Waals surface area contributed by atoms with Crippen LogP contribution in [0.2, 0.25) is 0 Å². The van der Waals surface area contributed by atoms with Gasteiger partial charge in [0, 0.05) is 13.1 Å². The summed E-state index contributed by atoms with van der Waals surface area (Å²) in [5.41, 5.74) is 2.21. The first-order valence-corrected chi connectivity index (χ1v) is 9.15. The fourth-order valence-corrected chi connectivity index (χ4v) is 3.19. The number of carbonyl (C=O) groups is 2. The Morgan fingerprint density at radius 2 is 1.88 bits per heavy atom. The average molecular weight is 347 g/mol. The fraction of sp³-hybridized carbons (Fsp3) is 0.600. The van der Waals surface area contributed by atoms with Gasteiger partial charge >= 0.3 is 5.97 Å². The number of hydrogen-bond acceptors (Lipinski definition) is 4. The Bertz CT molecular complexity index is 606. The largest absolute Gasteiger partial charge is 0.480 e. The van der Waals surface area contributed by atoms with Gasteiger partial charge in [0.15, 0.2) is 6.10 Å². The lowest BCUT2D eigenvalue weighted by atomic mass is 9.96. The van der Waals surface area contributed by atoms with Crippen molar-refractivity contribution in [2.45, 2.75) is 53.1 Å². The van der Waals surface area contributed by atoms with Crippen LogP contribution in [0.4, 0.5) is 0 Å². The number of likely N-dealkylation sites (tertiary alicyclic amines) is 1. The van der Waals surface area contributed by atoms with Crippen molar-refractivity contribution < 1.29 is 19.1 Å². The summed E-state index contributed by atoms with van der Waals surface area (Å²) in [5.74, 6) is 0.523. The van der Waals surface area contributed by atoms with Gasteiger partial charge < -0.3 is 14.4 Å². The Labute approximate surface area is 150 Å².